The number of pyridine rings is 1. The second-order valence-electron chi connectivity index (χ2n) is 7.74. The highest BCUT2D eigenvalue weighted by Gasteiger charge is 2.61. The van der Waals surface area contributed by atoms with Gasteiger partial charge < -0.3 is 14.4 Å². The van der Waals surface area contributed by atoms with Crippen molar-refractivity contribution in [2.75, 3.05) is 0 Å². The molecular formula is C16H21BF3NO3. The van der Waals surface area contributed by atoms with E-state index in [-0.39, 0.29) is 18.8 Å². The molecule has 0 atom stereocenters. The number of alkyl halides is 3. The van der Waals surface area contributed by atoms with Crippen molar-refractivity contribution in [3.8, 4) is 0 Å². The van der Waals surface area contributed by atoms with Gasteiger partial charge in [0.05, 0.1) is 11.2 Å². The molecule has 0 spiro atoms. The summed E-state index contributed by atoms with van der Waals surface area (Å²) in [5, 5.41) is 9.53. The van der Waals surface area contributed by atoms with Crippen molar-refractivity contribution in [2.24, 2.45) is 0 Å². The van der Waals surface area contributed by atoms with E-state index in [0.717, 1.165) is 5.46 Å². The van der Waals surface area contributed by atoms with Crippen molar-refractivity contribution in [1.82, 2.24) is 4.98 Å². The summed E-state index contributed by atoms with van der Waals surface area (Å²) in [5.41, 5.74) is -2.24. The Hall–Kier alpha value is -1.12. The molecule has 4 nitrogen and oxygen atoms in total. The zero-order valence-corrected chi connectivity index (χ0v) is 14.1. The largest absolute Gasteiger partial charge is 0.496 e. The summed E-state index contributed by atoms with van der Waals surface area (Å²) in [6.45, 7) is 7.78. The van der Waals surface area contributed by atoms with Gasteiger partial charge in [0.2, 0.25) is 0 Å². The summed E-state index contributed by atoms with van der Waals surface area (Å²) in [6.07, 6.45) is -3.72. The van der Waals surface area contributed by atoms with Gasteiger partial charge in [-0.3, -0.25) is 4.98 Å². The van der Waals surface area contributed by atoms with E-state index in [0.29, 0.717) is 5.69 Å². The lowest BCUT2D eigenvalue weighted by Gasteiger charge is -2.44. The lowest BCUT2D eigenvalue weighted by Crippen LogP contribution is -2.54. The third kappa shape index (κ3) is 2.74. The molecule has 1 aliphatic heterocycles. The molecule has 1 saturated heterocycles. The van der Waals surface area contributed by atoms with Crippen LogP contribution in [0.5, 0.6) is 0 Å². The Morgan fingerprint density at radius 1 is 1.12 bits per heavy atom. The predicted molar refractivity (Wildman–Crippen MR) is 82.9 cm³/mol. The first-order chi connectivity index (χ1) is 10.8. The molecule has 132 valence electrons. The van der Waals surface area contributed by atoms with Crippen LogP contribution in [0.1, 0.15) is 52.1 Å². The number of aromatic nitrogens is 1. The molecule has 1 aliphatic carbocycles. The van der Waals surface area contributed by atoms with Gasteiger partial charge in [-0.2, -0.15) is 13.2 Å². The first-order valence-electron chi connectivity index (χ1n) is 7.95. The van der Waals surface area contributed by atoms with Crippen LogP contribution in [-0.4, -0.2) is 40.2 Å². The number of rotatable bonds is 2. The van der Waals surface area contributed by atoms with Crippen LogP contribution in [0.3, 0.4) is 0 Å². The molecule has 0 radical (unpaired) electrons. The Morgan fingerprint density at radius 2 is 1.67 bits per heavy atom. The molecule has 2 aliphatic rings. The third-order valence-electron chi connectivity index (χ3n) is 5.45. The second kappa shape index (κ2) is 5.19. The van der Waals surface area contributed by atoms with Gasteiger partial charge in [-0.25, -0.2) is 0 Å². The van der Waals surface area contributed by atoms with E-state index in [2.05, 4.69) is 4.98 Å². The highest BCUT2D eigenvalue weighted by atomic mass is 19.4. The van der Waals surface area contributed by atoms with E-state index in [1.165, 1.54) is 0 Å². The van der Waals surface area contributed by atoms with Crippen LogP contribution < -0.4 is 5.46 Å². The molecular weight excluding hydrogens is 322 g/mol. The maximum Gasteiger partial charge on any atom is 0.496 e. The van der Waals surface area contributed by atoms with E-state index < -0.39 is 30.1 Å². The topological polar surface area (TPSA) is 51.6 Å². The summed E-state index contributed by atoms with van der Waals surface area (Å²) in [5.74, 6) is -0.385. The average Bonchev–Trinajstić information content (AvgIpc) is 2.63. The third-order valence-corrected chi connectivity index (χ3v) is 5.45. The Labute approximate surface area is 139 Å². The summed E-state index contributed by atoms with van der Waals surface area (Å²) >= 11 is 0. The number of aliphatic hydroxyl groups is 1. The lowest BCUT2D eigenvalue weighted by molar-refractivity contribution is -0.291. The summed E-state index contributed by atoms with van der Waals surface area (Å²) in [4.78, 5) is 4.25. The van der Waals surface area contributed by atoms with Crippen LogP contribution in [0, 0.1) is 0 Å². The molecule has 24 heavy (non-hydrogen) atoms. The highest BCUT2D eigenvalue weighted by Crippen LogP contribution is 2.52. The molecule has 3 rings (SSSR count). The van der Waals surface area contributed by atoms with Crippen molar-refractivity contribution >= 4 is 12.6 Å². The van der Waals surface area contributed by atoms with Crippen molar-refractivity contribution in [3.05, 3.63) is 24.0 Å². The fourth-order valence-electron chi connectivity index (χ4n) is 2.97. The standard InChI is InChI=1S/C16H21BF3NO3/c1-13(2)14(3,4)24-17(23-13)11-5-6-12(21-9-11)10-7-15(22,8-10)16(18,19)20/h5-6,9-10,22H,7-8H2,1-4H3. The summed E-state index contributed by atoms with van der Waals surface area (Å²) in [7, 11) is -0.551. The first-order valence-corrected chi connectivity index (χ1v) is 7.95. The molecule has 0 amide bonds. The van der Waals surface area contributed by atoms with Gasteiger partial charge in [0, 0.05) is 23.3 Å². The van der Waals surface area contributed by atoms with Gasteiger partial charge in [-0.1, -0.05) is 6.07 Å². The molecule has 0 aromatic carbocycles. The van der Waals surface area contributed by atoms with Crippen LogP contribution in [0.25, 0.3) is 0 Å². The van der Waals surface area contributed by atoms with Crippen LogP contribution in [-0.2, 0) is 9.31 Å². The molecule has 0 unspecified atom stereocenters. The minimum absolute atomic E-state index is 0.348. The van der Waals surface area contributed by atoms with E-state index in [1.54, 1.807) is 18.3 Å². The Kier molecular flexibility index (Phi) is 3.83. The smallest absolute Gasteiger partial charge is 0.399 e. The van der Waals surface area contributed by atoms with E-state index in [9.17, 15) is 18.3 Å². The maximum absolute atomic E-state index is 12.7. The Bertz CT molecular complexity index is 608. The zero-order valence-electron chi connectivity index (χ0n) is 14.1. The minimum Gasteiger partial charge on any atom is -0.399 e. The van der Waals surface area contributed by atoms with E-state index in [4.69, 9.17) is 9.31 Å². The number of halogens is 3. The molecule has 1 aromatic heterocycles. The Morgan fingerprint density at radius 3 is 2.08 bits per heavy atom. The molecule has 1 saturated carbocycles. The first kappa shape index (κ1) is 17.7. The summed E-state index contributed by atoms with van der Waals surface area (Å²) in [6, 6.07) is 3.44. The van der Waals surface area contributed by atoms with Crippen molar-refractivity contribution < 1.29 is 27.6 Å². The van der Waals surface area contributed by atoms with Gasteiger partial charge in [-0.15, -0.1) is 0 Å². The van der Waals surface area contributed by atoms with Crippen molar-refractivity contribution in [1.29, 1.82) is 0 Å². The molecule has 0 bridgehead atoms. The SMILES string of the molecule is CC1(C)OB(c2ccc(C3CC(O)(C(F)(F)F)C3)nc2)OC1(C)C. The zero-order chi connectivity index (χ0) is 18.0. The highest BCUT2D eigenvalue weighted by molar-refractivity contribution is 6.62. The molecule has 1 aromatic rings. The van der Waals surface area contributed by atoms with Crippen LogP contribution in [0.15, 0.2) is 18.3 Å². The molecule has 1 N–H and O–H groups in total. The van der Waals surface area contributed by atoms with E-state index >= 15 is 0 Å². The predicted octanol–water partition coefficient (Wildman–Crippen LogP) is 2.55. The minimum atomic E-state index is -4.59. The van der Waals surface area contributed by atoms with Crippen molar-refractivity contribution in [3.63, 3.8) is 0 Å². The summed E-state index contributed by atoms with van der Waals surface area (Å²) < 4.78 is 49.9. The maximum atomic E-state index is 12.7. The normalized spacial score (nSPS) is 31.8. The van der Waals surface area contributed by atoms with Crippen LogP contribution >= 0.6 is 0 Å². The average molecular weight is 343 g/mol. The Balaban J connectivity index is 1.68. The number of nitrogens with zero attached hydrogens (tertiary/aromatic N) is 1. The second-order valence-corrected chi connectivity index (χ2v) is 7.74. The van der Waals surface area contributed by atoms with Gasteiger partial charge in [0.15, 0.2) is 5.60 Å². The number of hydrogen-bond donors (Lipinski definition) is 1. The van der Waals surface area contributed by atoms with Crippen LogP contribution in [0.2, 0.25) is 0 Å². The van der Waals surface area contributed by atoms with Gasteiger partial charge in [-0.05, 0) is 46.6 Å². The fourth-order valence-corrected chi connectivity index (χ4v) is 2.97. The van der Waals surface area contributed by atoms with Crippen LogP contribution in [0.4, 0.5) is 13.2 Å². The molecule has 2 fully saturated rings. The quantitative estimate of drug-likeness (QED) is 0.839. The number of hydrogen-bond acceptors (Lipinski definition) is 4. The molecule has 8 heteroatoms. The lowest BCUT2D eigenvalue weighted by atomic mass is 9.68. The van der Waals surface area contributed by atoms with Gasteiger partial charge in [0.1, 0.15) is 0 Å². The van der Waals surface area contributed by atoms with Gasteiger partial charge >= 0.3 is 13.3 Å². The van der Waals surface area contributed by atoms with E-state index in [1.807, 2.05) is 27.7 Å². The monoisotopic (exact) mass is 343 g/mol. The fraction of sp³-hybridized carbons (Fsp3) is 0.688. The van der Waals surface area contributed by atoms with Crippen molar-refractivity contribution in [2.45, 2.75) is 69.4 Å². The van der Waals surface area contributed by atoms with Gasteiger partial charge in [0.25, 0.3) is 0 Å². The molecule has 2 heterocycles.